The van der Waals surface area contributed by atoms with Crippen LogP contribution in [-0.4, -0.2) is 41.8 Å². The van der Waals surface area contributed by atoms with Crippen LogP contribution in [0, 0.1) is 0 Å². The van der Waals surface area contributed by atoms with E-state index in [0.29, 0.717) is 30.0 Å². The highest BCUT2D eigenvalue weighted by Crippen LogP contribution is 2.35. The summed E-state index contributed by atoms with van der Waals surface area (Å²) in [6, 6.07) is 13.2. The molecule has 0 aliphatic carbocycles. The predicted octanol–water partition coefficient (Wildman–Crippen LogP) is 5.08. The molecule has 2 aromatic rings. The highest BCUT2D eigenvalue weighted by molar-refractivity contribution is 7.99. The van der Waals surface area contributed by atoms with Crippen molar-refractivity contribution in [2.75, 3.05) is 19.7 Å². The molecule has 4 nitrogen and oxygen atoms in total. The van der Waals surface area contributed by atoms with E-state index in [0.717, 1.165) is 42.1 Å². The molecular weight excluding hydrogens is 404 g/mol. The summed E-state index contributed by atoms with van der Waals surface area (Å²) in [5.41, 5.74) is 4.68. The second-order valence-corrected chi connectivity index (χ2v) is 10.5. The summed E-state index contributed by atoms with van der Waals surface area (Å²) in [6.45, 7) is 9.96. The van der Waals surface area contributed by atoms with Crippen LogP contribution in [0.15, 0.2) is 41.3 Å². The van der Waals surface area contributed by atoms with Crippen molar-refractivity contribution in [1.29, 1.82) is 0 Å². The number of amides is 1. The minimum absolute atomic E-state index is 0.0151. The SMILES string of the molecule is CCCCN1Cc2ccccc2C[C@H]1CNC(=O)c1cc(SC(C)C)cc2c1OCC2. The molecule has 5 heteroatoms. The Kier molecular flexibility index (Phi) is 7.24. The molecule has 2 heterocycles. The average Bonchev–Trinajstić information content (AvgIpc) is 3.23. The first kappa shape index (κ1) is 22.2. The fraction of sp³-hybridized carbons (Fsp3) is 0.500. The van der Waals surface area contributed by atoms with Gasteiger partial charge in [-0.2, -0.15) is 0 Å². The zero-order valence-corrected chi connectivity index (χ0v) is 19.8. The third-order valence-electron chi connectivity index (χ3n) is 6.13. The predicted molar refractivity (Wildman–Crippen MR) is 128 cm³/mol. The highest BCUT2D eigenvalue weighted by atomic mass is 32.2. The third kappa shape index (κ3) is 5.27. The fourth-order valence-electron chi connectivity index (χ4n) is 4.56. The molecule has 0 bridgehead atoms. The first-order valence-corrected chi connectivity index (χ1v) is 12.5. The van der Waals surface area contributed by atoms with Gasteiger partial charge in [-0.15, -0.1) is 11.8 Å². The van der Waals surface area contributed by atoms with Gasteiger partial charge in [0.1, 0.15) is 5.75 Å². The minimum Gasteiger partial charge on any atom is -0.492 e. The number of rotatable bonds is 8. The summed E-state index contributed by atoms with van der Waals surface area (Å²) >= 11 is 1.80. The summed E-state index contributed by atoms with van der Waals surface area (Å²) in [5, 5.41) is 3.72. The van der Waals surface area contributed by atoms with Crippen LogP contribution in [0.1, 0.15) is 60.7 Å². The van der Waals surface area contributed by atoms with Crippen LogP contribution in [0.4, 0.5) is 0 Å². The maximum absolute atomic E-state index is 13.2. The molecule has 0 fully saturated rings. The van der Waals surface area contributed by atoms with Gasteiger partial charge in [-0.1, -0.05) is 51.5 Å². The number of unbranched alkanes of at least 4 members (excludes halogenated alkanes) is 1. The molecule has 31 heavy (non-hydrogen) atoms. The summed E-state index contributed by atoms with van der Waals surface area (Å²) in [4.78, 5) is 16.9. The van der Waals surface area contributed by atoms with E-state index < -0.39 is 0 Å². The van der Waals surface area contributed by atoms with E-state index in [4.69, 9.17) is 4.74 Å². The normalized spacial score (nSPS) is 17.9. The first-order chi connectivity index (χ1) is 15.0. The third-order valence-corrected chi connectivity index (χ3v) is 7.11. The largest absolute Gasteiger partial charge is 0.492 e. The molecule has 2 aromatic carbocycles. The van der Waals surface area contributed by atoms with E-state index in [1.165, 1.54) is 24.0 Å². The molecule has 0 saturated heterocycles. The number of thioether (sulfide) groups is 1. The number of ether oxygens (including phenoxy) is 1. The smallest absolute Gasteiger partial charge is 0.255 e. The monoisotopic (exact) mass is 438 g/mol. The van der Waals surface area contributed by atoms with Crippen LogP contribution in [0.25, 0.3) is 0 Å². The highest BCUT2D eigenvalue weighted by Gasteiger charge is 2.27. The molecular formula is C26H34N2O2S. The van der Waals surface area contributed by atoms with Crippen molar-refractivity contribution in [3.63, 3.8) is 0 Å². The molecule has 0 unspecified atom stereocenters. The van der Waals surface area contributed by atoms with Crippen LogP contribution in [0.2, 0.25) is 0 Å². The maximum atomic E-state index is 13.2. The van der Waals surface area contributed by atoms with Gasteiger partial charge in [0, 0.05) is 35.7 Å². The number of benzene rings is 2. The topological polar surface area (TPSA) is 41.6 Å². The Labute approximate surface area is 190 Å². The molecule has 0 spiro atoms. The number of carbonyl (C=O) groups excluding carboxylic acids is 1. The van der Waals surface area contributed by atoms with Gasteiger partial charge in [-0.3, -0.25) is 9.69 Å². The van der Waals surface area contributed by atoms with Crippen LogP contribution < -0.4 is 10.1 Å². The van der Waals surface area contributed by atoms with Crippen molar-refractivity contribution in [3.8, 4) is 5.75 Å². The lowest BCUT2D eigenvalue weighted by Gasteiger charge is -2.37. The maximum Gasteiger partial charge on any atom is 0.255 e. The lowest BCUT2D eigenvalue weighted by atomic mass is 9.93. The molecule has 1 N–H and O–H groups in total. The zero-order valence-electron chi connectivity index (χ0n) is 18.9. The van der Waals surface area contributed by atoms with Gasteiger partial charge in [0.05, 0.1) is 12.2 Å². The Bertz CT molecular complexity index is 928. The van der Waals surface area contributed by atoms with Gasteiger partial charge in [-0.25, -0.2) is 0 Å². The van der Waals surface area contributed by atoms with Gasteiger partial charge in [-0.05, 0) is 48.2 Å². The van der Waals surface area contributed by atoms with Gasteiger partial charge in [0.2, 0.25) is 0 Å². The van der Waals surface area contributed by atoms with Crippen molar-refractivity contribution in [2.45, 2.75) is 69.2 Å². The van der Waals surface area contributed by atoms with Gasteiger partial charge < -0.3 is 10.1 Å². The van der Waals surface area contributed by atoms with Crippen molar-refractivity contribution in [1.82, 2.24) is 10.2 Å². The number of carbonyl (C=O) groups is 1. The number of hydrogen-bond donors (Lipinski definition) is 1. The molecule has 0 saturated carbocycles. The molecule has 0 radical (unpaired) electrons. The number of nitrogens with zero attached hydrogens (tertiary/aromatic N) is 1. The minimum atomic E-state index is -0.0151. The Hall–Kier alpha value is -1.98. The number of nitrogens with one attached hydrogen (secondary N) is 1. The van der Waals surface area contributed by atoms with E-state index >= 15 is 0 Å². The van der Waals surface area contributed by atoms with Crippen molar-refractivity contribution in [2.24, 2.45) is 0 Å². The van der Waals surface area contributed by atoms with Crippen molar-refractivity contribution >= 4 is 17.7 Å². The molecule has 0 aromatic heterocycles. The average molecular weight is 439 g/mol. The summed E-state index contributed by atoms with van der Waals surface area (Å²) < 4.78 is 5.84. The van der Waals surface area contributed by atoms with Crippen LogP contribution >= 0.6 is 11.8 Å². The summed E-state index contributed by atoms with van der Waals surface area (Å²) in [6.07, 6.45) is 4.23. The van der Waals surface area contributed by atoms with E-state index in [9.17, 15) is 4.79 Å². The molecule has 2 aliphatic rings. The Morgan fingerprint density at radius 2 is 2.03 bits per heavy atom. The lowest BCUT2D eigenvalue weighted by molar-refractivity contribution is 0.0921. The van der Waals surface area contributed by atoms with Crippen LogP contribution in [-0.2, 0) is 19.4 Å². The van der Waals surface area contributed by atoms with Crippen LogP contribution in [0.5, 0.6) is 5.75 Å². The van der Waals surface area contributed by atoms with Crippen molar-refractivity contribution in [3.05, 3.63) is 58.7 Å². The van der Waals surface area contributed by atoms with Gasteiger partial charge in [0.15, 0.2) is 0 Å². The quantitative estimate of drug-likeness (QED) is 0.584. The fourth-order valence-corrected chi connectivity index (χ4v) is 5.50. The Morgan fingerprint density at radius 1 is 1.23 bits per heavy atom. The summed E-state index contributed by atoms with van der Waals surface area (Å²) in [5.74, 6) is 0.765. The lowest BCUT2D eigenvalue weighted by Crippen LogP contribution is -2.47. The molecule has 166 valence electrons. The first-order valence-electron chi connectivity index (χ1n) is 11.6. The van der Waals surface area contributed by atoms with Gasteiger partial charge in [0.25, 0.3) is 5.91 Å². The molecule has 2 aliphatic heterocycles. The van der Waals surface area contributed by atoms with E-state index in [1.54, 1.807) is 11.8 Å². The molecule has 1 atom stereocenters. The van der Waals surface area contributed by atoms with Crippen LogP contribution in [0.3, 0.4) is 0 Å². The zero-order chi connectivity index (χ0) is 21.8. The molecule has 4 rings (SSSR count). The van der Waals surface area contributed by atoms with E-state index in [2.05, 4.69) is 61.3 Å². The number of fused-ring (bicyclic) bond motifs is 2. The van der Waals surface area contributed by atoms with E-state index in [1.807, 2.05) is 6.07 Å². The second kappa shape index (κ2) is 10.1. The Balaban J connectivity index is 1.49. The standard InChI is InChI=1S/C26H34N2O2S/c1-4-5-11-28-17-21-9-7-6-8-19(21)13-22(28)16-27-26(29)24-15-23(31-18(2)3)14-20-10-12-30-25(20)24/h6-9,14-15,18,22H,4-5,10-13,16-17H2,1-3H3,(H,27,29)/t22-/m0/s1. The number of hydrogen-bond acceptors (Lipinski definition) is 4. The molecule has 1 amide bonds. The van der Waals surface area contributed by atoms with Crippen molar-refractivity contribution < 1.29 is 9.53 Å². The van der Waals surface area contributed by atoms with Gasteiger partial charge >= 0.3 is 0 Å². The Morgan fingerprint density at radius 3 is 2.81 bits per heavy atom. The summed E-state index contributed by atoms with van der Waals surface area (Å²) in [7, 11) is 0. The second-order valence-electron chi connectivity index (χ2n) is 8.88. The van der Waals surface area contributed by atoms with E-state index in [-0.39, 0.29) is 5.91 Å².